The molecule has 0 heterocycles. The predicted molar refractivity (Wildman–Crippen MR) is 71.0 cm³/mol. The van der Waals surface area contributed by atoms with Crippen molar-refractivity contribution in [1.82, 2.24) is 0 Å². The van der Waals surface area contributed by atoms with Gasteiger partial charge in [0.2, 0.25) is 0 Å². The Morgan fingerprint density at radius 3 is 2.67 bits per heavy atom. The summed E-state index contributed by atoms with van der Waals surface area (Å²) < 4.78 is 0. The number of carboxylic acid groups (broad SMARTS) is 1. The number of aromatic carboxylic acids is 1. The molecule has 18 heavy (non-hydrogen) atoms. The van der Waals surface area contributed by atoms with E-state index in [2.05, 4.69) is 5.16 Å². The fourth-order valence-electron chi connectivity index (χ4n) is 1.61. The lowest BCUT2D eigenvalue weighted by Crippen LogP contribution is -2.06. The standard InChI is InChI=1S/C14H19NO3/c1-4-10(3)15-18-9-13-11(5-2)7-6-8-12(13)14(16)17/h6-8H,4-5,9H2,1-3H3,(H,16,17). The number of hydrogen-bond acceptors (Lipinski definition) is 3. The SMILES string of the molecule is CCC(C)=NOCc1c(CC)cccc1C(=O)O. The van der Waals surface area contributed by atoms with Crippen molar-refractivity contribution in [3.8, 4) is 0 Å². The van der Waals surface area contributed by atoms with Crippen molar-refractivity contribution in [2.24, 2.45) is 5.16 Å². The lowest BCUT2D eigenvalue weighted by atomic mass is 10.00. The van der Waals surface area contributed by atoms with Gasteiger partial charge < -0.3 is 9.94 Å². The van der Waals surface area contributed by atoms with E-state index in [-0.39, 0.29) is 6.61 Å². The molecule has 4 heteroatoms. The van der Waals surface area contributed by atoms with Gasteiger partial charge in [0.15, 0.2) is 0 Å². The topological polar surface area (TPSA) is 58.9 Å². The molecular formula is C14H19NO3. The monoisotopic (exact) mass is 249 g/mol. The number of hydrogen-bond donors (Lipinski definition) is 1. The van der Waals surface area contributed by atoms with E-state index in [1.807, 2.05) is 26.8 Å². The highest BCUT2D eigenvalue weighted by atomic mass is 16.6. The largest absolute Gasteiger partial charge is 0.478 e. The van der Waals surface area contributed by atoms with Crippen LogP contribution >= 0.6 is 0 Å². The van der Waals surface area contributed by atoms with Gasteiger partial charge in [0.25, 0.3) is 0 Å². The van der Waals surface area contributed by atoms with Crippen molar-refractivity contribution in [3.05, 3.63) is 34.9 Å². The summed E-state index contributed by atoms with van der Waals surface area (Å²) in [6, 6.07) is 5.27. The van der Waals surface area contributed by atoms with Gasteiger partial charge in [-0.15, -0.1) is 0 Å². The van der Waals surface area contributed by atoms with Gasteiger partial charge in [0.05, 0.1) is 11.3 Å². The molecule has 0 aliphatic heterocycles. The Labute approximate surface area is 107 Å². The Balaban J connectivity index is 2.94. The molecule has 1 aromatic rings. The number of rotatable bonds is 6. The molecule has 4 nitrogen and oxygen atoms in total. The molecule has 1 aromatic carbocycles. The maximum absolute atomic E-state index is 11.2. The number of oxime groups is 1. The molecule has 0 bridgehead atoms. The van der Waals surface area contributed by atoms with Crippen LogP contribution in [0.4, 0.5) is 0 Å². The number of benzene rings is 1. The normalized spacial score (nSPS) is 11.4. The van der Waals surface area contributed by atoms with E-state index in [9.17, 15) is 4.79 Å². The number of aryl methyl sites for hydroxylation is 1. The third kappa shape index (κ3) is 3.58. The molecule has 98 valence electrons. The molecule has 0 unspecified atom stereocenters. The third-order valence-corrected chi connectivity index (χ3v) is 2.83. The summed E-state index contributed by atoms with van der Waals surface area (Å²) in [5, 5.41) is 13.1. The van der Waals surface area contributed by atoms with E-state index in [1.165, 1.54) is 0 Å². The van der Waals surface area contributed by atoms with Gasteiger partial charge in [0.1, 0.15) is 6.61 Å². The second-order valence-electron chi connectivity index (χ2n) is 4.06. The van der Waals surface area contributed by atoms with Crippen LogP contribution in [0.3, 0.4) is 0 Å². The van der Waals surface area contributed by atoms with Crippen molar-refractivity contribution in [3.63, 3.8) is 0 Å². The first-order valence-corrected chi connectivity index (χ1v) is 6.09. The minimum atomic E-state index is -0.930. The molecule has 0 atom stereocenters. The van der Waals surface area contributed by atoms with Gasteiger partial charge in [-0.25, -0.2) is 4.79 Å². The molecule has 0 aliphatic rings. The zero-order valence-corrected chi connectivity index (χ0v) is 11.1. The number of carboxylic acids is 1. The summed E-state index contributed by atoms with van der Waals surface area (Å²) in [4.78, 5) is 16.4. The first-order valence-electron chi connectivity index (χ1n) is 6.09. The van der Waals surface area contributed by atoms with Crippen LogP contribution in [0.15, 0.2) is 23.4 Å². The third-order valence-electron chi connectivity index (χ3n) is 2.83. The van der Waals surface area contributed by atoms with Crippen molar-refractivity contribution >= 4 is 11.7 Å². The van der Waals surface area contributed by atoms with Gasteiger partial charge >= 0.3 is 5.97 Å². The van der Waals surface area contributed by atoms with Crippen LogP contribution in [0.2, 0.25) is 0 Å². The van der Waals surface area contributed by atoms with Crippen molar-refractivity contribution in [2.45, 2.75) is 40.2 Å². The smallest absolute Gasteiger partial charge is 0.336 e. The van der Waals surface area contributed by atoms with Crippen LogP contribution in [0.5, 0.6) is 0 Å². The van der Waals surface area contributed by atoms with Gasteiger partial charge in [0, 0.05) is 5.56 Å². The lowest BCUT2D eigenvalue weighted by molar-refractivity contribution is 0.0688. The number of carbonyl (C=O) groups is 1. The minimum absolute atomic E-state index is 0.197. The average molecular weight is 249 g/mol. The summed E-state index contributed by atoms with van der Waals surface area (Å²) >= 11 is 0. The first kappa shape index (κ1) is 14.2. The van der Waals surface area contributed by atoms with E-state index in [1.54, 1.807) is 12.1 Å². The zero-order chi connectivity index (χ0) is 13.5. The Morgan fingerprint density at radius 1 is 1.39 bits per heavy atom. The maximum Gasteiger partial charge on any atom is 0.336 e. The Bertz CT molecular complexity index is 452. The first-order chi connectivity index (χ1) is 8.60. The highest BCUT2D eigenvalue weighted by molar-refractivity contribution is 5.89. The second kappa shape index (κ2) is 6.79. The van der Waals surface area contributed by atoms with Crippen molar-refractivity contribution in [2.75, 3.05) is 0 Å². The fourth-order valence-corrected chi connectivity index (χ4v) is 1.61. The highest BCUT2D eigenvalue weighted by Crippen LogP contribution is 2.17. The highest BCUT2D eigenvalue weighted by Gasteiger charge is 2.13. The van der Waals surface area contributed by atoms with Gasteiger partial charge in [-0.2, -0.15) is 0 Å². The van der Waals surface area contributed by atoms with Gasteiger partial charge in [-0.05, 0) is 31.4 Å². The average Bonchev–Trinajstić information content (AvgIpc) is 2.38. The molecule has 0 radical (unpaired) electrons. The zero-order valence-electron chi connectivity index (χ0n) is 11.1. The molecule has 0 saturated heterocycles. The Hall–Kier alpha value is -1.84. The minimum Gasteiger partial charge on any atom is -0.478 e. The maximum atomic E-state index is 11.2. The van der Waals surface area contributed by atoms with E-state index in [0.717, 1.165) is 24.1 Å². The molecule has 0 saturated carbocycles. The fraction of sp³-hybridized carbons (Fsp3) is 0.429. The van der Waals surface area contributed by atoms with E-state index < -0.39 is 5.97 Å². The molecular weight excluding hydrogens is 230 g/mol. The predicted octanol–water partition coefficient (Wildman–Crippen LogP) is 3.25. The van der Waals surface area contributed by atoms with E-state index in [0.29, 0.717) is 11.1 Å². The Kier molecular flexibility index (Phi) is 5.36. The van der Waals surface area contributed by atoms with Gasteiger partial charge in [-0.3, -0.25) is 0 Å². The molecule has 1 rings (SSSR count). The van der Waals surface area contributed by atoms with Crippen LogP contribution in [0.1, 0.15) is 48.7 Å². The molecule has 0 aliphatic carbocycles. The summed E-state index contributed by atoms with van der Waals surface area (Å²) in [6.45, 7) is 6.06. The molecule has 0 spiro atoms. The molecule has 0 amide bonds. The van der Waals surface area contributed by atoms with Crippen molar-refractivity contribution < 1.29 is 14.7 Å². The number of nitrogens with zero attached hydrogens (tertiary/aromatic N) is 1. The quantitative estimate of drug-likeness (QED) is 0.622. The molecule has 0 fully saturated rings. The summed E-state index contributed by atoms with van der Waals surface area (Å²) in [6.07, 6.45) is 1.59. The molecule has 0 aromatic heterocycles. The second-order valence-corrected chi connectivity index (χ2v) is 4.06. The van der Waals surface area contributed by atoms with Crippen molar-refractivity contribution in [1.29, 1.82) is 0 Å². The molecule has 1 N–H and O–H groups in total. The summed E-state index contributed by atoms with van der Waals surface area (Å²) in [5.41, 5.74) is 2.87. The summed E-state index contributed by atoms with van der Waals surface area (Å²) in [5.74, 6) is -0.930. The van der Waals surface area contributed by atoms with Crippen LogP contribution in [0.25, 0.3) is 0 Å². The van der Waals surface area contributed by atoms with Crippen LogP contribution < -0.4 is 0 Å². The van der Waals surface area contributed by atoms with Gasteiger partial charge in [-0.1, -0.05) is 31.1 Å². The van der Waals surface area contributed by atoms with Crippen LogP contribution in [0, 0.1) is 0 Å². The van der Waals surface area contributed by atoms with E-state index in [4.69, 9.17) is 9.94 Å². The lowest BCUT2D eigenvalue weighted by Gasteiger charge is -2.10. The van der Waals surface area contributed by atoms with E-state index >= 15 is 0 Å². The van der Waals surface area contributed by atoms with Crippen LogP contribution in [-0.4, -0.2) is 16.8 Å². The van der Waals surface area contributed by atoms with Crippen LogP contribution in [-0.2, 0) is 17.9 Å². The summed E-state index contributed by atoms with van der Waals surface area (Å²) in [7, 11) is 0. The Morgan fingerprint density at radius 2 is 2.11 bits per heavy atom.